The fourth-order valence-electron chi connectivity index (χ4n) is 4.27. The maximum absolute atomic E-state index is 13.0. The molecule has 0 spiro atoms. The summed E-state index contributed by atoms with van der Waals surface area (Å²) in [5, 5.41) is 14.8. The molecule has 1 fully saturated rings. The predicted octanol–water partition coefficient (Wildman–Crippen LogP) is 2.65. The second-order valence-corrected chi connectivity index (χ2v) is 8.29. The van der Waals surface area contributed by atoms with E-state index in [1.807, 2.05) is 12.1 Å². The van der Waals surface area contributed by atoms with Gasteiger partial charge in [0, 0.05) is 25.6 Å². The van der Waals surface area contributed by atoms with E-state index >= 15 is 0 Å². The number of ether oxygens (including phenoxy) is 1. The highest BCUT2D eigenvalue weighted by Gasteiger charge is 2.30. The third-order valence-electron chi connectivity index (χ3n) is 6.13. The Morgan fingerprint density at radius 1 is 0.909 bits per heavy atom. The monoisotopic (exact) mass is 454 g/mol. The summed E-state index contributed by atoms with van der Waals surface area (Å²) >= 11 is 0. The van der Waals surface area contributed by atoms with Crippen molar-refractivity contribution in [1.29, 1.82) is 0 Å². The first-order valence-electron chi connectivity index (χ1n) is 11.0. The minimum atomic E-state index is -1.82. The number of rotatable bonds is 4. The third-order valence-corrected chi connectivity index (χ3v) is 6.13. The minimum absolute atomic E-state index is 0.183. The lowest BCUT2D eigenvalue weighted by atomic mass is 9.93. The number of carboxylic acids is 2. The van der Waals surface area contributed by atoms with Crippen molar-refractivity contribution in [3.05, 3.63) is 65.2 Å². The SMILES string of the molecule is COc1ccc(CN2CCC(C(=O)N3CCc4ccccc4C3)CC2)cc1.O=C(O)C(=O)O. The molecule has 2 aliphatic rings. The van der Waals surface area contributed by atoms with E-state index in [1.54, 1.807) is 7.11 Å². The number of carbonyl (C=O) groups is 3. The first kappa shape index (κ1) is 24.3. The highest BCUT2D eigenvalue weighted by Crippen LogP contribution is 2.25. The van der Waals surface area contributed by atoms with Crippen LogP contribution in [0.4, 0.5) is 0 Å². The van der Waals surface area contributed by atoms with Crippen LogP contribution in [-0.4, -0.2) is 64.6 Å². The Bertz CT molecular complexity index is 955. The molecule has 0 bridgehead atoms. The van der Waals surface area contributed by atoms with Crippen molar-refractivity contribution in [2.45, 2.75) is 32.4 Å². The van der Waals surface area contributed by atoms with Gasteiger partial charge in [-0.3, -0.25) is 9.69 Å². The summed E-state index contributed by atoms with van der Waals surface area (Å²) in [6.07, 6.45) is 2.92. The van der Waals surface area contributed by atoms with Crippen molar-refractivity contribution >= 4 is 17.8 Å². The smallest absolute Gasteiger partial charge is 0.414 e. The standard InChI is InChI=1S/C23H28N2O2.C2H2O4/c1-27-22-8-6-18(7-9-22)16-24-13-10-20(11-14-24)23(26)25-15-12-19-4-2-3-5-21(19)17-25;3-1(4)2(5)6/h2-9,20H,10-17H2,1H3;(H,3,4)(H,5,6). The van der Waals surface area contributed by atoms with Crippen LogP contribution in [0.3, 0.4) is 0 Å². The number of carboxylic acid groups (broad SMARTS) is 2. The number of benzene rings is 2. The number of piperidine rings is 1. The van der Waals surface area contributed by atoms with Gasteiger partial charge in [0.25, 0.3) is 0 Å². The number of hydrogen-bond donors (Lipinski definition) is 2. The number of hydrogen-bond acceptors (Lipinski definition) is 5. The van der Waals surface area contributed by atoms with E-state index in [4.69, 9.17) is 24.5 Å². The van der Waals surface area contributed by atoms with Crippen molar-refractivity contribution in [3.63, 3.8) is 0 Å². The van der Waals surface area contributed by atoms with Crippen LogP contribution < -0.4 is 4.74 Å². The van der Waals surface area contributed by atoms with Crippen LogP contribution in [0.15, 0.2) is 48.5 Å². The summed E-state index contributed by atoms with van der Waals surface area (Å²) in [4.78, 5) is 35.7. The molecule has 8 heteroatoms. The average Bonchev–Trinajstić information content (AvgIpc) is 2.84. The van der Waals surface area contributed by atoms with Crippen LogP contribution >= 0.6 is 0 Å². The molecule has 2 aliphatic heterocycles. The van der Waals surface area contributed by atoms with Gasteiger partial charge in [-0.15, -0.1) is 0 Å². The van der Waals surface area contributed by atoms with Crippen LogP contribution in [0.2, 0.25) is 0 Å². The summed E-state index contributed by atoms with van der Waals surface area (Å²) in [5.41, 5.74) is 4.01. The first-order valence-corrected chi connectivity index (χ1v) is 11.0. The molecule has 8 nitrogen and oxygen atoms in total. The second kappa shape index (κ2) is 11.5. The quantitative estimate of drug-likeness (QED) is 0.684. The molecule has 33 heavy (non-hydrogen) atoms. The molecule has 2 aromatic carbocycles. The molecule has 0 aliphatic carbocycles. The van der Waals surface area contributed by atoms with Gasteiger partial charge in [-0.25, -0.2) is 9.59 Å². The third kappa shape index (κ3) is 6.79. The van der Waals surface area contributed by atoms with Gasteiger partial charge in [0.1, 0.15) is 5.75 Å². The summed E-state index contributed by atoms with van der Waals surface area (Å²) in [6.45, 7) is 4.57. The van der Waals surface area contributed by atoms with Crippen LogP contribution in [0, 0.1) is 5.92 Å². The molecule has 0 unspecified atom stereocenters. The molecule has 2 heterocycles. The number of nitrogens with zero attached hydrogens (tertiary/aromatic N) is 2. The summed E-state index contributed by atoms with van der Waals surface area (Å²) in [6, 6.07) is 16.8. The van der Waals surface area contributed by atoms with E-state index in [2.05, 4.69) is 46.2 Å². The molecule has 0 saturated carbocycles. The molecule has 2 N–H and O–H groups in total. The van der Waals surface area contributed by atoms with Crippen molar-refractivity contribution in [3.8, 4) is 5.75 Å². The van der Waals surface area contributed by atoms with Crippen LogP contribution in [-0.2, 0) is 33.9 Å². The number of amides is 1. The van der Waals surface area contributed by atoms with Gasteiger partial charge < -0.3 is 19.8 Å². The van der Waals surface area contributed by atoms with Crippen molar-refractivity contribution < 1.29 is 29.3 Å². The fourth-order valence-corrected chi connectivity index (χ4v) is 4.27. The molecule has 4 rings (SSSR count). The van der Waals surface area contributed by atoms with Crippen molar-refractivity contribution in [2.24, 2.45) is 5.92 Å². The lowest BCUT2D eigenvalue weighted by molar-refractivity contribution is -0.159. The topological polar surface area (TPSA) is 107 Å². The highest BCUT2D eigenvalue weighted by atomic mass is 16.5. The van der Waals surface area contributed by atoms with E-state index in [1.165, 1.54) is 16.7 Å². The van der Waals surface area contributed by atoms with Crippen molar-refractivity contribution in [1.82, 2.24) is 9.80 Å². The predicted molar refractivity (Wildman–Crippen MR) is 122 cm³/mol. The normalized spacial score (nSPS) is 16.2. The molecule has 176 valence electrons. The van der Waals surface area contributed by atoms with E-state index in [0.717, 1.165) is 57.7 Å². The fraction of sp³-hybridized carbons (Fsp3) is 0.400. The lowest BCUT2D eigenvalue weighted by Crippen LogP contribution is -2.44. The molecule has 0 radical (unpaired) electrons. The number of likely N-dealkylation sites (tertiary alicyclic amines) is 1. The number of aliphatic carboxylic acids is 2. The van der Waals surface area contributed by atoms with Gasteiger partial charge in [-0.1, -0.05) is 36.4 Å². The maximum atomic E-state index is 13.0. The molecule has 0 aromatic heterocycles. The van der Waals surface area contributed by atoms with Gasteiger partial charge in [0.2, 0.25) is 5.91 Å². The number of fused-ring (bicyclic) bond motifs is 1. The number of methoxy groups -OCH3 is 1. The molecule has 1 saturated heterocycles. The highest BCUT2D eigenvalue weighted by molar-refractivity contribution is 6.27. The number of carbonyl (C=O) groups excluding carboxylic acids is 1. The second-order valence-electron chi connectivity index (χ2n) is 8.29. The van der Waals surface area contributed by atoms with E-state index < -0.39 is 11.9 Å². The average molecular weight is 455 g/mol. The Balaban J connectivity index is 0.000000454. The van der Waals surface area contributed by atoms with E-state index in [9.17, 15) is 4.79 Å². The van der Waals surface area contributed by atoms with Crippen LogP contribution in [0.5, 0.6) is 5.75 Å². The zero-order valence-corrected chi connectivity index (χ0v) is 18.8. The maximum Gasteiger partial charge on any atom is 0.414 e. The molecule has 2 aromatic rings. The molecular weight excluding hydrogens is 424 g/mol. The zero-order chi connectivity index (χ0) is 23.8. The Kier molecular flexibility index (Phi) is 8.43. The van der Waals surface area contributed by atoms with Crippen molar-refractivity contribution in [2.75, 3.05) is 26.7 Å². The van der Waals surface area contributed by atoms with E-state index in [-0.39, 0.29) is 5.92 Å². The van der Waals surface area contributed by atoms with Gasteiger partial charge in [0.15, 0.2) is 0 Å². The molecular formula is C25H30N2O6. The van der Waals surface area contributed by atoms with E-state index in [0.29, 0.717) is 5.91 Å². The summed E-state index contributed by atoms with van der Waals surface area (Å²) < 4.78 is 5.22. The van der Waals surface area contributed by atoms with Crippen LogP contribution in [0.25, 0.3) is 0 Å². The molecule has 1 amide bonds. The van der Waals surface area contributed by atoms with Gasteiger partial charge in [-0.2, -0.15) is 0 Å². The summed E-state index contributed by atoms with van der Waals surface area (Å²) in [5.74, 6) is -2.22. The summed E-state index contributed by atoms with van der Waals surface area (Å²) in [7, 11) is 1.69. The minimum Gasteiger partial charge on any atom is -0.497 e. The first-order chi connectivity index (χ1) is 15.9. The zero-order valence-electron chi connectivity index (χ0n) is 18.8. The van der Waals surface area contributed by atoms with Gasteiger partial charge in [0.05, 0.1) is 7.11 Å². The Morgan fingerprint density at radius 2 is 1.52 bits per heavy atom. The Labute approximate surface area is 193 Å². The largest absolute Gasteiger partial charge is 0.497 e. The Morgan fingerprint density at radius 3 is 2.09 bits per heavy atom. The lowest BCUT2D eigenvalue weighted by Gasteiger charge is -2.36. The van der Waals surface area contributed by atoms with Gasteiger partial charge >= 0.3 is 11.9 Å². The van der Waals surface area contributed by atoms with Crippen LogP contribution in [0.1, 0.15) is 29.5 Å². The Hall–Kier alpha value is -3.39. The molecule has 0 atom stereocenters. The van der Waals surface area contributed by atoms with Gasteiger partial charge in [-0.05, 0) is 61.2 Å².